The van der Waals surface area contributed by atoms with Gasteiger partial charge >= 0.3 is 0 Å². The van der Waals surface area contributed by atoms with Crippen molar-refractivity contribution in [3.05, 3.63) is 88.2 Å². The molecule has 0 radical (unpaired) electrons. The fourth-order valence-corrected chi connectivity index (χ4v) is 4.17. The average Bonchev–Trinajstić information content (AvgIpc) is 2.73. The highest BCUT2D eigenvalue weighted by atomic mass is 35.5. The molecule has 0 N–H and O–H groups in total. The van der Waals surface area contributed by atoms with Crippen LogP contribution in [0.4, 0.5) is 0 Å². The Bertz CT molecular complexity index is 962. The first-order chi connectivity index (χ1) is 13.7. The van der Waals surface area contributed by atoms with E-state index in [1.807, 2.05) is 12.1 Å². The highest BCUT2D eigenvalue weighted by Crippen LogP contribution is 2.41. The van der Waals surface area contributed by atoms with Crippen LogP contribution >= 0.6 is 11.6 Å². The van der Waals surface area contributed by atoms with Gasteiger partial charge in [0.05, 0.1) is 20.3 Å². The molecule has 28 heavy (non-hydrogen) atoms. The van der Waals surface area contributed by atoms with Crippen molar-refractivity contribution in [2.24, 2.45) is 0 Å². The number of rotatable bonds is 5. The Morgan fingerprint density at radius 3 is 2.50 bits per heavy atom. The Kier molecular flexibility index (Phi) is 5.51. The highest BCUT2D eigenvalue weighted by Gasteiger charge is 2.30. The third kappa shape index (κ3) is 3.71. The van der Waals surface area contributed by atoms with Crippen LogP contribution in [0.1, 0.15) is 28.3 Å². The maximum atomic E-state index is 6.11. The normalized spacial score (nSPS) is 16.5. The number of hydrogen-bond donors (Lipinski definition) is 0. The number of methoxy groups -OCH3 is 2. The lowest BCUT2D eigenvalue weighted by Gasteiger charge is -2.38. The molecule has 1 unspecified atom stereocenters. The van der Waals surface area contributed by atoms with E-state index in [1.165, 1.54) is 16.7 Å². The maximum Gasteiger partial charge on any atom is 0.161 e. The fourth-order valence-electron chi connectivity index (χ4n) is 3.97. The summed E-state index contributed by atoms with van der Waals surface area (Å²) in [6, 6.07) is 18.9. The van der Waals surface area contributed by atoms with E-state index < -0.39 is 0 Å². The number of pyridine rings is 1. The van der Waals surface area contributed by atoms with Gasteiger partial charge in [-0.05, 0) is 52.9 Å². The molecule has 0 aliphatic carbocycles. The monoisotopic (exact) mass is 394 g/mol. The molecular weight excluding hydrogens is 372 g/mol. The minimum atomic E-state index is 0.136. The average molecular weight is 395 g/mol. The molecule has 1 aromatic heterocycles. The van der Waals surface area contributed by atoms with Crippen molar-refractivity contribution in [3.8, 4) is 11.5 Å². The summed E-state index contributed by atoms with van der Waals surface area (Å²) in [7, 11) is 3.36. The van der Waals surface area contributed by atoms with Crippen molar-refractivity contribution in [1.82, 2.24) is 9.88 Å². The first-order valence-electron chi connectivity index (χ1n) is 9.34. The van der Waals surface area contributed by atoms with Crippen LogP contribution in [0.3, 0.4) is 0 Å². The molecule has 0 spiro atoms. The molecule has 1 aliphatic rings. The maximum absolute atomic E-state index is 6.11. The molecule has 0 amide bonds. The topological polar surface area (TPSA) is 34.6 Å². The van der Waals surface area contributed by atoms with Gasteiger partial charge in [0.25, 0.3) is 0 Å². The lowest BCUT2D eigenvalue weighted by molar-refractivity contribution is 0.203. The van der Waals surface area contributed by atoms with Gasteiger partial charge < -0.3 is 9.47 Å². The van der Waals surface area contributed by atoms with Crippen LogP contribution in [0.5, 0.6) is 11.5 Å². The van der Waals surface area contributed by atoms with Crippen LogP contribution in [0.2, 0.25) is 5.15 Å². The number of hydrogen-bond acceptors (Lipinski definition) is 4. The SMILES string of the molecule is COc1cc2c(cc1OC)C(c1ccccc1)N(Cc1ccnc(Cl)c1)CC2. The number of aromatic nitrogens is 1. The van der Waals surface area contributed by atoms with Crippen LogP contribution < -0.4 is 9.47 Å². The molecule has 2 heterocycles. The summed E-state index contributed by atoms with van der Waals surface area (Å²) in [5.41, 5.74) is 4.98. The molecule has 0 bridgehead atoms. The van der Waals surface area contributed by atoms with Crippen LogP contribution in [-0.2, 0) is 13.0 Å². The van der Waals surface area contributed by atoms with Gasteiger partial charge in [0.1, 0.15) is 5.15 Å². The van der Waals surface area contributed by atoms with E-state index in [2.05, 4.69) is 52.3 Å². The molecule has 0 saturated carbocycles. The summed E-state index contributed by atoms with van der Waals surface area (Å²) in [5.74, 6) is 1.54. The summed E-state index contributed by atoms with van der Waals surface area (Å²) < 4.78 is 11.1. The second-order valence-electron chi connectivity index (χ2n) is 6.93. The van der Waals surface area contributed by atoms with Crippen molar-refractivity contribution in [2.45, 2.75) is 19.0 Å². The van der Waals surface area contributed by atoms with Crippen molar-refractivity contribution < 1.29 is 9.47 Å². The predicted molar refractivity (Wildman–Crippen MR) is 111 cm³/mol. The number of benzene rings is 2. The summed E-state index contributed by atoms with van der Waals surface area (Å²) in [6.45, 7) is 1.75. The largest absolute Gasteiger partial charge is 0.493 e. The van der Waals surface area contributed by atoms with Crippen molar-refractivity contribution in [1.29, 1.82) is 0 Å². The lowest BCUT2D eigenvalue weighted by Crippen LogP contribution is -2.35. The molecule has 2 aromatic carbocycles. The number of nitrogens with zero attached hydrogens (tertiary/aromatic N) is 2. The van der Waals surface area contributed by atoms with Crippen molar-refractivity contribution in [2.75, 3.05) is 20.8 Å². The standard InChI is InChI=1S/C23H23ClN2O2/c1-27-20-13-18-9-11-26(15-16-8-10-25-22(24)12-16)23(17-6-4-3-5-7-17)19(18)14-21(20)28-2/h3-8,10,12-14,23H,9,11,15H2,1-2H3. The first-order valence-corrected chi connectivity index (χ1v) is 9.71. The van der Waals surface area contributed by atoms with E-state index >= 15 is 0 Å². The van der Waals surface area contributed by atoms with E-state index in [0.717, 1.165) is 36.6 Å². The van der Waals surface area contributed by atoms with Crippen LogP contribution in [0.15, 0.2) is 60.8 Å². The molecule has 0 fully saturated rings. The smallest absolute Gasteiger partial charge is 0.161 e. The van der Waals surface area contributed by atoms with Crippen molar-refractivity contribution in [3.63, 3.8) is 0 Å². The van der Waals surface area contributed by atoms with E-state index in [9.17, 15) is 0 Å². The number of ether oxygens (including phenoxy) is 2. The molecule has 4 nitrogen and oxygen atoms in total. The Balaban J connectivity index is 1.78. The molecule has 144 valence electrons. The van der Waals surface area contributed by atoms with Crippen molar-refractivity contribution >= 4 is 11.6 Å². The minimum absolute atomic E-state index is 0.136. The van der Waals surface area contributed by atoms with Gasteiger partial charge in [-0.3, -0.25) is 4.90 Å². The molecule has 5 heteroatoms. The first kappa shape index (κ1) is 18.8. The second-order valence-corrected chi connectivity index (χ2v) is 7.31. The summed E-state index contributed by atoms with van der Waals surface area (Å²) in [6.07, 6.45) is 2.72. The molecule has 1 aliphatic heterocycles. The second kappa shape index (κ2) is 8.21. The quantitative estimate of drug-likeness (QED) is 0.576. The zero-order valence-electron chi connectivity index (χ0n) is 16.1. The Morgan fingerprint density at radius 2 is 1.79 bits per heavy atom. The zero-order chi connectivity index (χ0) is 19.5. The van der Waals surface area contributed by atoms with Gasteiger partial charge in [-0.15, -0.1) is 0 Å². The van der Waals surface area contributed by atoms with Gasteiger partial charge in [0, 0.05) is 19.3 Å². The van der Waals surface area contributed by atoms with Gasteiger partial charge in [-0.2, -0.15) is 0 Å². The zero-order valence-corrected chi connectivity index (χ0v) is 16.8. The van der Waals surface area contributed by atoms with E-state index in [-0.39, 0.29) is 6.04 Å². The highest BCUT2D eigenvalue weighted by molar-refractivity contribution is 6.29. The van der Waals surface area contributed by atoms with Crippen LogP contribution in [0, 0.1) is 0 Å². The summed E-state index contributed by atoms with van der Waals surface area (Å²) in [5, 5.41) is 0.526. The van der Waals surface area contributed by atoms with Crippen LogP contribution in [-0.4, -0.2) is 30.6 Å². The van der Waals surface area contributed by atoms with Crippen LogP contribution in [0.25, 0.3) is 0 Å². The van der Waals surface area contributed by atoms with E-state index in [0.29, 0.717) is 5.15 Å². The van der Waals surface area contributed by atoms with E-state index in [1.54, 1.807) is 20.4 Å². The van der Waals surface area contributed by atoms with Gasteiger partial charge in [0.15, 0.2) is 11.5 Å². The molecule has 4 rings (SSSR count). The van der Waals surface area contributed by atoms with E-state index in [4.69, 9.17) is 21.1 Å². The Morgan fingerprint density at radius 1 is 1.04 bits per heavy atom. The summed E-state index contributed by atoms with van der Waals surface area (Å²) >= 11 is 6.11. The summed E-state index contributed by atoms with van der Waals surface area (Å²) in [4.78, 5) is 6.59. The van der Waals surface area contributed by atoms with Gasteiger partial charge in [-0.25, -0.2) is 4.98 Å². The minimum Gasteiger partial charge on any atom is -0.493 e. The molecular formula is C23H23ClN2O2. The third-order valence-corrected chi connectivity index (χ3v) is 5.47. The molecule has 1 atom stereocenters. The fraction of sp³-hybridized carbons (Fsp3) is 0.261. The number of halogens is 1. The number of fused-ring (bicyclic) bond motifs is 1. The lowest BCUT2D eigenvalue weighted by atomic mass is 9.87. The molecule has 0 saturated heterocycles. The Labute approximate surface area is 170 Å². The Hall–Kier alpha value is -2.56. The molecule has 3 aromatic rings. The third-order valence-electron chi connectivity index (χ3n) is 5.27. The van der Waals surface area contributed by atoms with Gasteiger partial charge in [-0.1, -0.05) is 41.9 Å². The predicted octanol–water partition coefficient (Wildman–Crippen LogP) is 4.90. The van der Waals surface area contributed by atoms with Gasteiger partial charge in [0.2, 0.25) is 0 Å².